The molecule has 0 unspecified atom stereocenters. The van der Waals surface area contributed by atoms with Crippen LogP contribution in [0.5, 0.6) is 5.75 Å². The van der Waals surface area contributed by atoms with Gasteiger partial charge in [-0.15, -0.1) is 0 Å². The lowest BCUT2D eigenvalue weighted by molar-refractivity contribution is -0.136. The van der Waals surface area contributed by atoms with E-state index in [1.807, 2.05) is 0 Å². The van der Waals surface area contributed by atoms with Crippen molar-refractivity contribution < 1.29 is 31.1 Å². The smallest absolute Gasteiger partial charge is 0.417 e. The Balaban J connectivity index is 1.48. The van der Waals surface area contributed by atoms with Crippen molar-refractivity contribution >= 4 is 21.0 Å². The van der Waals surface area contributed by atoms with Gasteiger partial charge in [0.05, 0.1) is 10.5 Å². The van der Waals surface area contributed by atoms with Crippen molar-refractivity contribution in [2.45, 2.75) is 23.9 Å². The number of para-hydroxylation sites is 1. The first kappa shape index (κ1) is 24.5. The van der Waals surface area contributed by atoms with Gasteiger partial charge in [0.1, 0.15) is 11.3 Å². The summed E-state index contributed by atoms with van der Waals surface area (Å²) in [6, 6.07) is 17.3. The van der Waals surface area contributed by atoms with E-state index in [4.69, 9.17) is 4.42 Å². The van der Waals surface area contributed by atoms with Crippen molar-refractivity contribution in [3.8, 4) is 5.75 Å². The number of phenolic OH excluding ortho intramolecular Hbond substituents is 1. The molecule has 35 heavy (non-hydrogen) atoms. The SMILES string of the molecule is O=c1cc(C(F)(F)F)c2cc(Cc3ccc(S(=O)(=O)NCCc4ccccc4O)cc3)ccc2o1. The first-order valence-corrected chi connectivity index (χ1v) is 12.0. The lowest BCUT2D eigenvalue weighted by atomic mass is 10.0. The van der Waals surface area contributed by atoms with Crippen LogP contribution in [0.25, 0.3) is 11.0 Å². The maximum Gasteiger partial charge on any atom is 0.417 e. The number of nitrogens with one attached hydrogen (secondary N) is 1. The molecule has 0 atom stereocenters. The first-order chi connectivity index (χ1) is 16.5. The molecule has 0 aliphatic rings. The molecular weight excluding hydrogens is 483 g/mol. The van der Waals surface area contributed by atoms with E-state index in [9.17, 15) is 31.5 Å². The molecule has 0 aliphatic heterocycles. The number of aromatic hydroxyl groups is 1. The van der Waals surface area contributed by atoms with Gasteiger partial charge in [0.25, 0.3) is 0 Å². The molecule has 10 heteroatoms. The molecule has 182 valence electrons. The summed E-state index contributed by atoms with van der Waals surface area (Å²) in [6.45, 7) is 0.0937. The highest BCUT2D eigenvalue weighted by molar-refractivity contribution is 7.89. The molecule has 0 fully saturated rings. The Bertz CT molecular complexity index is 1530. The normalized spacial score (nSPS) is 12.2. The van der Waals surface area contributed by atoms with Gasteiger partial charge in [-0.25, -0.2) is 17.9 Å². The standard InChI is InChI=1S/C25H20F3NO5S/c26-25(27,28)21-15-24(31)34-23-10-7-17(14-20(21)23)13-16-5-8-19(9-6-16)35(32,33)29-12-11-18-3-1-2-4-22(18)30/h1-10,14-15,29-30H,11-13H2. The predicted molar refractivity (Wildman–Crippen MR) is 124 cm³/mol. The summed E-state index contributed by atoms with van der Waals surface area (Å²) in [5, 5.41) is 9.56. The average molecular weight is 503 g/mol. The highest BCUT2D eigenvalue weighted by Gasteiger charge is 2.33. The molecule has 0 bridgehead atoms. The molecular formula is C25H20F3NO5S. The molecule has 0 spiro atoms. The predicted octanol–water partition coefficient (Wildman–Crippen LogP) is 4.63. The third-order valence-electron chi connectivity index (χ3n) is 5.43. The van der Waals surface area contributed by atoms with Gasteiger partial charge in [0, 0.05) is 18.0 Å². The van der Waals surface area contributed by atoms with Gasteiger partial charge in [0.2, 0.25) is 10.0 Å². The Morgan fingerprint density at radius 2 is 1.60 bits per heavy atom. The van der Waals surface area contributed by atoms with Crippen LogP contribution in [0.2, 0.25) is 0 Å². The Hall–Kier alpha value is -3.63. The second-order valence-electron chi connectivity index (χ2n) is 7.90. The fourth-order valence-corrected chi connectivity index (χ4v) is 4.73. The third kappa shape index (κ3) is 5.72. The molecule has 1 aromatic heterocycles. The van der Waals surface area contributed by atoms with Gasteiger partial charge >= 0.3 is 11.8 Å². The Morgan fingerprint density at radius 3 is 2.29 bits per heavy atom. The van der Waals surface area contributed by atoms with E-state index in [-0.39, 0.29) is 34.6 Å². The molecule has 0 radical (unpaired) electrons. The van der Waals surface area contributed by atoms with Gasteiger partial charge in [-0.2, -0.15) is 13.2 Å². The highest BCUT2D eigenvalue weighted by Crippen LogP contribution is 2.34. The molecule has 0 aliphatic carbocycles. The van der Waals surface area contributed by atoms with E-state index >= 15 is 0 Å². The van der Waals surface area contributed by atoms with Gasteiger partial charge in [-0.05, 0) is 59.9 Å². The van der Waals surface area contributed by atoms with E-state index in [2.05, 4.69) is 4.72 Å². The number of hydrogen-bond acceptors (Lipinski definition) is 5. The quantitative estimate of drug-likeness (QED) is 0.359. The molecule has 0 saturated carbocycles. The zero-order chi connectivity index (χ0) is 25.2. The summed E-state index contributed by atoms with van der Waals surface area (Å²) in [5.41, 5.74) is -0.471. The molecule has 2 N–H and O–H groups in total. The van der Waals surface area contributed by atoms with Gasteiger partial charge in [0.15, 0.2) is 0 Å². The van der Waals surface area contributed by atoms with Crippen LogP contribution < -0.4 is 10.3 Å². The maximum absolute atomic E-state index is 13.4. The van der Waals surface area contributed by atoms with E-state index in [0.717, 1.165) is 0 Å². The van der Waals surface area contributed by atoms with E-state index in [1.165, 1.54) is 30.3 Å². The number of benzene rings is 3. The number of hydrogen-bond donors (Lipinski definition) is 2. The molecule has 3 aromatic carbocycles. The van der Waals surface area contributed by atoms with Gasteiger partial charge in [-0.1, -0.05) is 36.4 Å². The van der Waals surface area contributed by atoms with Crippen molar-refractivity contribution in [3.05, 3.63) is 105 Å². The Kier molecular flexibility index (Phi) is 6.68. The number of phenols is 1. The van der Waals surface area contributed by atoms with E-state index in [0.29, 0.717) is 29.2 Å². The van der Waals surface area contributed by atoms with E-state index < -0.39 is 27.4 Å². The summed E-state index contributed by atoms with van der Waals surface area (Å²) in [5.74, 6) is 0.0919. The van der Waals surface area contributed by atoms with Crippen molar-refractivity contribution in [2.24, 2.45) is 0 Å². The van der Waals surface area contributed by atoms with Gasteiger partial charge < -0.3 is 9.52 Å². The van der Waals surface area contributed by atoms with Gasteiger partial charge in [-0.3, -0.25) is 0 Å². The minimum Gasteiger partial charge on any atom is -0.508 e. The summed E-state index contributed by atoms with van der Waals surface area (Å²) < 4.78 is 72.6. The fraction of sp³-hybridized carbons (Fsp3) is 0.160. The average Bonchev–Trinajstić information content (AvgIpc) is 2.80. The van der Waals surface area contributed by atoms with E-state index in [1.54, 1.807) is 36.4 Å². The Morgan fingerprint density at radius 1 is 0.914 bits per heavy atom. The number of fused-ring (bicyclic) bond motifs is 1. The van der Waals surface area contributed by atoms with Crippen LogP contribution in [0.15, 0.2) is 86.9 Å². The topological polar surface area (TPSA) is 96.6 Å². The third-order valence-corrected chi connectivity index (χ3v) is 6.91. The lowest BCUT2D eigenvalue weighted by Crippen LogP contribution is -2.26. The molecule has 4 rings (SSSR count). The van der Waals surface area contributed by atoms with Crippen LogP contribution in [0, 0.1) is 0 Å². The minimum absolute atomic E-state index is 0.0400. The van der Waals surface area contributed by atoms with Crippen molar-refractivity contribution in [1.82, 2.24) is 4.72 Å². The number of halogens is 3. The molecule has 1 heterocycles. The summed E-state index contributed by atoms with van der Waals surface area (Å²) >= 11 is 0. The number of sulfonamides is 1. The van der Waals surface area contributed by atoms with Crippen molar-refractivity contribution in [2.75, 3.05) is 6.54 Å². The zero-order valence-corrected chi connectivity index (χ0v) is 19.0. The number of alkyl halides is 3. The highest BCUT2D eigenvalue weighted by atomic mass is 32.2. The zero-order valence-electron chi connectivity index (χ0n) is 18.2. The summed E-state index contributed by atoms with van der Waals surface area (Å²) in [4.78, 5) is 11.5. The van der Waals surface area contributed by atoms with Crippen LogP contribution in [0.1, 0.15) is 22.3 Å². The van der Waals surface area contributed by atoms with Crippen LogP contribution in [-0.2, 0) is 29.0 Å². The van der Waals surface area contributed by atoms with Crippen molar-refractivity contribution in [3.63, 3.8) is 0 Å². The fourth-order valence-electron chi connectivity index (χ4n) is 3.70. The second kappa shape index (κ2) is 9.55. The van der Waals surface area contributed by atoms with Crippen LogP contribution >= 0.6 is 0 Å². The van der Waals surface area contributed by atoms with Crippen molar-refractivity contribution in [1.29, 1.82) is 0 Å². The minimum atomic E-state index is -4.71. The molecule has 0 amide bonds. The molecule has 0 saturated heterocycles. The molecule has 4 aromatic rings. The van der Waals surface area contributed by atoms with Crippen LogP contribution in [0.3, 0.4) is 0 Å². The number of rotatable bonds is 7. The first-order valence-electron chi connectivity index (χ1n) is 10.5. The largest absolute Gasteiger partial charge is 0.508 e. The van der Waals surface area contributed by atoms with Crippen LogP contribution in [0.4, 0.5) is 13.2 Å². The monoisotopic (exact) mass is 503 g/mol. The maximum atomic E-state index is 13.4. The second-order valence-corrected chi connectivity index (χ2v) is 9.67. The summed E-state index contributed by atoms with van der Waals surface area (Å²) in [6.07, 6.45) is -4.16. The Labute approximate surface area is 198 Å². The lowest BCUT2D eigenvalue weighted by Gasteiger charge is -2.11. The summed E-state index contributed by atoms with van der Waals surface area (Å²) in [7, 11) is -3.79. The molecule has 6 nitrogen and oxygen atoms in total. The van der Waals surface area contributed by atoms with Crippen LogP contribution in [-0.4, -0.2) is 20.1 Å².